The zero-order chi connectivity index (χ0) is 26.4. The van der Waals surface area contributed by atoms with Gasteiger partial charge in [0, 0.05) is 36.1 Å². The number of aliphatic hydroxyl groups is 1. The lowest BCUT2D eigenvalue weighted by atomic mass is 9.81. The van der Waals surface area contributed by atoms with Crippen molar-refractivity contribution >= 4 is 40.0 Å². The molecule has 37 heavy (non-hydrogen) atoms. The summed E-state index contributed by atoms with van der Waals surface area (Å²) in [6.45, 7) is 1.13. The average Bonchev–Trinajstić information content (AvgIpc) is 3.49. The summed E-state index contributed by atoms with van der Waals surface area (Å²) in [4.78, 5) is 30.7. The standard InChI is InChI=1S/C23H26F3N7O3S/c24-23(25,26)13-1-2-17-16(9-13)19(31-33(17)21(27)35)29-10-18(34)30-14-11-32(12-14)15-3-5-22(36,6-4-15)20-28-7-8-37-20/h1-2,7-9,14-15,36H,3-6,10-12H2,(H2,27,35)(H,29,31)(H,30,34). The van der Waals surface area contributed by atoms with Crippen LogP contribution in [0.15, 0.2) is 29.8 Å². The van der Waals surface area contributed by atoms with Crippen LogP contribution in [0, 0.1) is 0 Å². The number of alkyl halides is 3. The van der Waals surface area contributed by atoms with E-state index in [1.165, 1.54) is 11.3 Å². The molecule has 0 spiro atoms. The van der Waals surface area contributed by atoms with Gasteiger partial charge in [-0.25, -0.2) is 9.78 Å². The number of hydrogen-bond donors (Lipinski definition) is 4. The maximum Gasteiger partial charge on any atom is 0.416 e. The van der Waals surface area contributed by atoms with Crippen LogP contribution in [0.3, 0.4) is 0 Å². The van der Waals surface area contributed by atoms with E-state index >= 15 is 0 Å². The molecule has 1 saturated heterocycles. The smallest absolute Gasteiger partial charge is 0.383 e. The molecule has 3 heterocycles. The number of primary amides is 1. The van der Waals surface area contributed by atoms with E-state index in [1.807, 2.05) is 5.38 Å². The van der Waals surface area contributed by atoms with E-state index < -0.39 is 23.4 Å². The predicted octanol–water partition coefficient (Wildman–Crippen LogP) is 2.48. The molecule has 2 aliphatic rings. The van der Waals surface area contributed by atoms with Crippen molar-refractivity contribution < 1.29 is 27.9 Å². The first-order chi connectivity index (χ1) is 17.5. The molecule has 2 fully saturated rings. The third kappa shape index (κ3) is 5.13. The van der Waals surface area contributed by atoms with E-state index in [0.29, 0.717) is 32.0 Å². The number of carbonyl (C=O) groups is 2. The van der Waals surface area contributed by atoms with E-state index in [1.54, 1.807) is 6.20 Å². The highest BCUT2D eigenvalue weighted by molar-refractivity contribution is 7.09. The fourth-order valence-electron chi connectivity index (χ4n) is 5.05. The van der Waals surface area contributed by atoms with Crippen molar-refractivity contribution in [2.45, 2.75) is 49.5 Å². The lowest BCUT2D eigenvalue weighted by Gasteiger charge is -2.47. The molecule has 2 amide bonds. The van der Waals surface area contributed by atoms with Gasteiger partial charge in [0.1, 0.15) is 10.6 Å². The van der Waals surface area contributed by atoms with Crippen molar-refractivity contribution in [3.8, 4) is 0 Å². The molecule has 1 aromatic carbocycles. The van der Waals surface area contributed by atoms with Gasteiger partial charge in [-0.3, -0.25) is 9.69 Å². The lowest BCUT2D eigenvalue weighted by Crippen LogP contribution is -2.63. The monoisotopic (exact) mass is 537 g/mol. The van der Waals surface area contributed by atoms with Gasteiger partial charge in [-0.05, 0) is 43.9 Å². The van der Waals surface area contributed by atoms with Crippen molar-refractivity contribution in [1.29, 1.82) is 0 Å². The number of nitrogens with one attached hydrogen (secondary N) is 2. The summed E-state index contributed by atoms with van der Waals surface area (Å²) >= 11 is 1.47. The van der Waals surface area contributed by atoms with Gasteiger partial charge in [-0.15, -0.1) is 16.4 Å². The van der Waals surface area contributed by atoms with Crippen molar-refractivity contribution in [1.82, 2.24) is 25.0 Å². The summed E-state index contributed by atoms with van der Waals surface area (Å²) in [5.74, 6) is -0.389. The number of likely N-dealkylation sites (tertiary alicyclic amines) is 1. The SMILES string of the molecule is NC(=O)n1nc(NCC(=O)NC2CN(C3CCC(O)(c4nccs4)CC3)C2)c2cc(C(F)(F)F)ccc21. The number of amides is 2. The number of nitrogens with zero attached hydrogens (tertiary/aromatic N) is 4. The molecule has 1 aliphatic carbocycles. The maximum absolute atomic E-state index is 13.2. The Kier molecular flexibility index (Phi) is 6.58. The van der Waals surface area contributed by atoms with Crippen molar-refractivity contribution in [3.05, 3.63) is 40.3 Å². The minimum atomic E-state index is -4.58. The molecular formula is C23H26F3N7O3S. The number of anilines is 1. The molecule has 0 unspecified atom stereocenters. The normalized spacial score (nSPS) is 23.1. The van der Waals surface area contributed by atoms with Crippen LogP contribution in [0.2, 0.25) is 0 Å². The van der Waals surface area contributed by atoms with Crippen LogP contribution in [0.1, 0.15) is 36.3 Å². The Morgan fingerprint density at radius 1 is 1.24 bits per heavy atom. The summed E-state index contributed by atoms with van der Waals surface area (Å²) in [6.07, 6.45) is 0.0929. The molecule has 2 aromatic heterocycles. The van der Waals surface area contributed by atoms with Crippen LogP contribution >= 0.6 is 11.3 Å². The second kappa shape index (κ2) is 9.58. The van der Waals surface area contributed by atoms with Gasteiger partial charge < -0.3 is 21.5 Å². The summed E-state index contributed by atoms with van der Waals surface area (Å²) in [5, 5.41) is 23.1. The molecule has 1 aliphatic heterocycles. The van der Waals surface area contributed by atoms with Crippen LogP contribution in [0.4, 0.5) is 23.8 Å². The Hall–Kier alpha value is -3.23. The summed E-state index contributed by atoms with van der Waals surface area (Å²) in [7, 11) is 0. The molecule has 1 saturated carbocycles. The van der Waals surface area contributed by atoms with E-state index in [-0.39, 0.29) is 35.2 Å². The third-order valence-corrected chi connectivity index (χ3v) is 8.00. The number of thiazole rings is 1. The first-order valence-electron chi connectivity index (χ1n) is 11.8. The Balaban J connectivity index is 1.13. The lowest BCUT2D eigenvalue weighted by molar-refractivity contribution is -0.137. The molecule has 0 bridgehead atoms. The number of hydrogen-bond acceptors (Lipinski definition) is 8. The third-order valence-electron chi connectivity index (χ3n) is 7.04. The molecular weight excluding hydrogens is 511 g/mol. The predicted molar refractivity (Wildman–Crippen MR) is 130 cm³/mol. The number of nitrogens with two attached hydrogens (primary N) is 1. The van der Waals surface area contributed by atoms with E-state index in [4.69, 9.17) is 5.73 Å². The van der Waals surface area contributed by atoms with Crippen LogP contribution in [-0.4, -0.2) is 68.4 Å². The van der Waals surface area contributed by atoms with Crippen molar-refractivity contribution in [3.63, 3.8) is 0 Å². The Morgan fingerprint density at radius 2 is 1.97 bits per heavy atom. The molecule has 14 heteroatoms. The fourth-order valence-corrected chi connectivity index (χ4v) is 5.85. The minimum absolute atomic E-state index is 0.0336. The van der Waals surface area contributed by atoms with Crippen LogP contribution in [0.5, 0.6) is 0 Å². The number of aromatic nitrogens is 3. The maximum atomic E-state index is 13.2. The Labute approximate surface area is 213 Å². The van der Waals surface area contributed by atoms with Crippen LogP contribution in [-0.2, 0) is 16.6 Å². The summed E-state index contributed by atoms with van der Waals surface area (Å²) in [6, 6.07) is 2.15. The van der Waals surface area contributed by atoms with Crippen LogP contribution < -0.4 is 16.4 Å². The molecule has 10 nitrogen and oxygen atoms in total. The van der Waals surface area contributed by atoms with E-state index in [9.17, 15) is 27.9 Å². The van der Waals surface area contributed by atoms with Gasteiger partial charge in [0.2, 0.25) is 5.91 Å². The van der Waals surface area contributed by atoms with Gasteiger partial charge in [0.25, 0.3) is 0 Å². The first kappa shape index (κ1) is 25.4. The largest absolute Gasteiger partial charge is 0.416 e. The number of fused-ring (bicyclic) bond motifs is 1. The van der Waals surface area contributed by atoms with Gasteiger partial charge in [-0.2, -0.15) is 17.9 Å². The molecule has 3 aromatic rings. The average molecular weight is 538 g/mol. The summed E-state index contributed by atoms with van der Waals surface area (Å²) < 4.78 is 40.3. The van der Waals surface area contributed by atoms with Gasteiger partial charge in [0.05, 0.1) is 23.7 Å². The highest BCUT2D eigenvalue weighted by atomic mass is 32.1. The van der Waals surface area contributed by atoms with Crippen LogP contribution in [0.25, 0.3) is 10.9 Å². The zero-order valence-corrected chi connectivity index (χ0v) is 20.5. The first-order valence-corrected chi connectivity index (χ1v) is 12.7. The van der Waals surface area contributed by atoms with Crippen molar-refractivity contribution in [2.24, 2.45) is 5.73 Å². The number of benzene rings is 1. The van der Waals surface area contributed by atoms with Gasteiger partial charge >= 0.3 is 12.2 Å². The highest BCUT2D eigenvalue weighted by Gasteiger charge is 2.41. The highest BCUT2D eigenvalue weighted by Crippen LogP contribution is 2.40. The molecule has 0 radical (unpaired) electrons. The quantitative estimate of drug-likeness (QED) is 0.379. The topological polar surface area (TPSA) is 138 Å². The Morgan fingerprint density at radius 3 is 2.59 bits per heavy atom. The fraction of sp³-hybridized carbons (Fsp3) is 0.478. The number of carbonyl (C=O) groups excluding carboxylic acids is 2. The zero-order valence-electron chi connectivity index (χ0n) is 19.7. The van der Waals surface area contributed by atoms with E-state index in [0.717, 1.165) is 40.7 Å². The molecule has 5 rings (SSSR count). The van der Waals surface area contributed by atoms with Gasteiger partial charge in [-0.1, -0.05) is 0 Å². The number of rotatable bonds is 6. The summed E-state index contributed by atoms with van der Waals surface area (Å²) in [5.41, 5.74) is 3.63. The van der Waals surface area contributed by atoms with Gasteiger partial charge in [0.15, 0.2) is 5.82 Å². The van der Waals surface area contributed by atoms with Crippen molar-refractivity contribution in [2.75, 3.05) is 25.0 Å². The second-order valence-corrected chi connectivity index (χ2v) is 10.4. The molecule has 5 N–H and O–H groups in total. The number of halogens is 3. The van der Waals surface area contributed by atoms with E-state index in [2.05, 4.69) is 25.6 Å². The Bertz CT molecular complexity index is 1300. The molecule has 0 atom stereocenters. The second-order valence-electron chi connectivity index (χ2n) is 9.50. The minimum Gasteiger partial charge on any atom is -0.383 e. The molecule has 198 valence electrons.